The molecular formula is C32H40Br2N6O4. The summed E-state index contributed by atoms with van der Waals surface area (Å²) in [4.78, 5) is 35.8. The van der Waals surface area contributed by atoms with Crippen LogP contribution < -0.4 is 10.0 Å². The Hall–Kier alpha value is -3.38. The van der Waals surface area contributed by atoms with Gasteiger partial charge in [0.2, 0.25) is 0 Å². The van der Waals surface area contributed by atoms with E-state index in [0.717, 1.165) is 11.4 Å². The van der Waals surface area contributed by atoms with Gasteiger partial charge in [-0.25, -0.2) is 0 Å². The van der Waals surface area contributed by atoms with Gasteiger partial charge in [-0.2, -0.15) is 20.2 Å². The zero-order valence-electron chi connectivity index (χ0n) is 26.8. The molecule has 2 amide bonds. The number of carbonyl (C=O) groups is 2. The molecule has 0 fully saturated rings. The molecule has 0 aromatic heterocycles. The topological polar surface area (TPSA) is 109 Å². The number of nitrogens with zero attached hydrogens (tertiary/aromatic N) is 6. The van der Waals surface area contributed by atoms with Gasteiger partial charge in [-0.15, -0.1) is 0 Å². The highest BCUT2D eigenvalue weighted by Crippen LogP contribution is 2.42. The molecule has 2 heterocycles. The second kappa shape index (κ2) is 13.3. The Morgan fingerprint density at radius 3 is 1.20 bits per heavy atom. The van der Waals surface area contributed by atoms with Crippen LogP contribution in [0.2, 0.25) is 0 Å². The molecule has 2 aromatic rings. The maximum atomic E-state index is 13.0. The molecule has 4 rings (SSSR count). The molecule has 2 aromatic carbocycles. The highest BCUT2D eigenvalue weighted by atomic mass is 79.9. The van der Waals surface area contributed by atoms with E-state index >= 15 is 0 Å². The number of para-hydroxylation sites is 2. The molecular weight excluding hydrogens is 692 g/mol. The first-order valence-electron chi connectivity index (χ1n) is 14.0. The third-order valence-electron chi connectivity index (χ3n) is 6.90. The predicted octanol–water partition coefficient (Wildman–Crippen LogP) is 7.18. The Kier molecular flexibility index (Phi) is 10.6. The summed E-state index contributed by atoms with van der Waals surface area (Å²) < 4.78 is -2.17. The molecule has 2 unspecified atom stereocenters. The second-order valence-electron chi connectivity index (χ2n) is 12.3. The Morgan fingerprint density at radius 1 is 0.659 bits per heavy atom. The van der Waals surface area contributed by atoms with E-state index in [9.17, 15) is 9.59 Å². The van der Waals surface area contributed by atoms with Crippen molar-refractivity contribution in [3.8, 4) is 0 Å². The maximum Gasteiger partial charge on any atom is 0.276 e. The van der Waals surface area contributed by atoms with Crippen LogP contribution in [0.1, 0.15) is 55.4 Å². The van der Waals surface area contributed by atoms with Crippen LogP contribution in [-0.4, -0.2) is 57.5 Å². The van der Waals surface area contributed by atoms with E-state index in [-0.39, 0.29) is 22.6 Å². The van der Waals surface area contributed by atoms with E-state index in [2.05, 4.69) is 52.4 Å². The van der Waals surface area contributed by atoms with Gasteiger partial charge >= 0.3 is 0 Å². The molecule has 0 saturated carbocycles. The van der Waals surface area contributed by atoms with Crippen LogP contribution in [0.3, 0.4) is 0 Å². The van der Waals surface area contributed by atoms with E-state index in [0.29, 0.717) is 22.8 Å². The molecule has 2 aliphatic heterocycles. The number of alkyl halides is 2. The molecule has 0 aliphatic carbocycles. The third kappa shape index (κ3) is 6.66. The molecule has 0 bridgehead atoms. The molecule has 2 aliphatic rings. The quantitative estimate of drug-likeness (QED) is 0.178. The van der Waals surface area contributed by atoms with Crippen LogP contribution in [0, 0.1) is 10.8 Å². The number of halogens is 2. The van der Waals surface area contributed by atoms with Gasteiger partial charge < -0.3 is 9.68 Å². The Bertz CT molecular complexity index is 1380. The van der Waals surface area contributed by atoms with Crippen LogP contribution in [0.25, 0.3) is 0 Å². The van der Waals surface area contributed by atoms with Gasteiger partial charge in [-0.05, 0) is 38.1 Å². The summed E-state index contributed by atoms with van der Waals surface area (Å²) in [5.74, 6) is -0.385. The van der Waals surface area contributed by atoms with Crippen molar-refractivity contribution in [2.24, 2.45) is 31.3 Å². The lowest BCUT2D eigenvalue weighted by atomic mass is 9.80. The molecule has 2 atom stereocenters. The lowest BCUT2D eigenvalue weighted by Gasteiger charge is -2.28. The number of carbonyl (C=O) groups excluding carboxylic acids is 2. The molecule has 0 spiro atoms. The zero-order chi connectivity index (χ0) is 33.1. The monoisotopic (exact) mass is 730 g/mol. The minimum Gasteiger partial charge on any atom is -0.399 e. The second-order valence-corrected chi connectivity index (χ2v) is 14.7. The lowest BCUT2D eigenvalue weighted by molar-refractivity contribution is -0.118. The predicted molar refractivity (Wildman–Crippen MR) is 185 cm³/mol. The van der Waals surface area contributed by atoms with Gasteiger partial charge in [0.05, 0.1) is 34.2 Å². The standard InChI is InChI=1S/2C16H20BrN3O2/c2*1-11(19-22-5)16(17)13(15(2,3)4)18-20(14(16)21)12-9-7-6-8-10-12/h2*6-10H,1-5H3. The van der Waals surface area contributed by atoms with Gasteiger partial charge in [0.15, 0.2) is 8.65 Å². The first kappa shape index (κ1) is 35.1. The summed E-state index contributed by atoms with van der Waals surface area (Å²) in [7, 11) is 2.92. The van der Waals surface area contributed by atoms with Crippen molar-refractivity contribution >= 4 is 77.9 Å². The summed E-state index contributed by atoms with van der Waals surface area (Å²) in [6.07, 6.45) is 0. The fourth-order valence-corrected chi connectivity index (χ4v) is 6.63. The molecule has 0 saturated heterocycles. The first-order valence-corrected chi connectivity index (χ1v) is 15.6. The van der Waals surface area contributed by atoms with Crippen LogP contribution >= 0.6 is 31.9 Å². The van der Waals surface area contributed by atoms with E-state index in [4.69, 9.17) is 9.68 Å². The highest BCUT2D eigenvalue weighted by Gasteiger charge is 2.57. The van der Waals surface area contributed by atoms with Crippen molar-refractivity contribution in [2.75, 3.05) is 24.2 Å². The van der Waals surface area contributed by atoms with Crippen LogP contribution in [0.4, 0.5) is 11.4 Å². The summed E-state index contributed by atoms with van der Waals surface area (Å²) >= 11 is 7.17. The van der Waals surface area contributed by atoms with Crippen LogP contribution in [0.5, 0.6) is 0 Å². The molecule has 12 heteroatoms. The minimum atomic E-state index is -1.09. The van der Waals surface area contributed by atoms with E-state index < -0.39 is 8.65 Å². The highest BCUT2D eigenvalue weighted by molar-refractivity contribution is 9.11. The number of oxime groups is 2. The molecule has 0 N–H and O–H groups in total. The molecule has 236 valence electrons. The minimum absolute atomic E-state index is 0.193. The number of hydrogen-bond acceptors (Lipinski definition) is 8. The van der Waals surface area contributed by atoms with Gasteiger partial charge in [0.1, 0.15) is 14.2 Å². The number of anilines is 2. The summed E-state index contributed by atoms with van der Waals surface area (Å²) in [5.41, 5.74) is 3.26. The number of rotatable bonds is 6. The molecule has 0 radical (unpaired) electrons. The Balaban J connectivity index is 0.000000240. The van der Waals surface area contributed by atoms with Crippen molar-refractivity contribution in [1.29, 1.82) is 0 Å². The number of amides is 2. The summed E-state index contributed by atoms with van der Waals surface area (Å²) in [6.45, 7) is 15.6. The fraction of sp³-hybridized carbons (Fsp3) is 0.438. The van der Waals surface area contributed by atoms with Crippen molar-refractivity contribution in [2.45, 2.75) is 64.0 Å². The van der Waals surface area contributed by atoms with Gasteiger partial charge in [-0.3, -0.25) is 9.59 Å². The first-order chi connectivity index (χ1) is 20.4. The van der Waals surface area contributed by atoms with Gasteiger partial charge in [0.25, 0.3) is 11.8 Å². The Morgan fingerprint density at radius 2 is 0.955 bits per heavy atom. The smallest absolute Gasteiger partial charge is 0.276 e. The van der Waals surface area contributed by atoms with E-state index in [1.807, 2.05) is 102 Å². The van der Waals surface area contributed by atoms with Crippen molar-refractivity contribution < 1.29 is 19.3 Å². The van der Waals surface area contributed by atoms with Crippen molar-refractivity contribution in [3.63, 3.8) is 0 Å². The zero-order valence-corrected chi connectivity index (χ0v) is 30.0. The van der Waals surface area contributed by atoms with Crippen molar-refractivity contribution in [3.05, 3.63) is 60.7 Å². The lowest BCUT2D eigenvalue weighted by Crippen LogP contribution is -2.50. The van der Waals surface area contributed by atoms with Gasteiger partial charge in [-0.1, -0.05) is 120 Å². The average molecular weight is 733 g/mol. The SMILES string of the molecule is CON=C(C)C1(Br)C(=O)N(c2ccccc2)N=C1C(C)(C)C.CON=C(C)C1(Br)C(=O)N(c2ccccc2)N=C1C(C)(C)C. The van der Waals surface area contributed by atoms with E-state index in [1.165, 1.54) is 24.2 Å². The maximum absolute atomic E-state index is 13.0. The van der Waals surface area contributed by atoms with Crippen molar-refractivity contribution in [1.82, 2.24) is 0 Å². The largest absolute Gasteiger partial charge is 0.399 e. The Labute approximate surface area is 276 Å². The van der Waals surface area contributed by atoms with E-state index in [1.54, 1.807) is 13.8 Å². The number of benzene rings is 2. The number of hydrogen-bond donors (Lipinski definition) is 0. The van der Waals surface area contributed by atoms with Crippen LogP contribution in [0.15, 0.2) is 81.2 Å². The fourth-order valence-electron chi connectivity index (χ4n) is 4.80. The van der Waals surface area contributed by atoms with Crippen LogP contribution in [-0.2, 0) is 19.3 Å². The molecule has 10 nitrogen and oxygen atoms in total. The number of hydrazone groups is 2. The molecule has 44 heavy (non-hydrogen) atoms. The van der Waals surface area contributed by atoms with Gasteiger partial charge in [0, 0.05) is 10.8 Å². The normalized spacial score (nSPS) is 22.8. The average Bonchev–Trinajstić information content (AvgIpc) is 3.41. The summed E-state index contributed by atoms with van der Waals surface area (Å²) in [6, 6.07) is 18.7. The summed E-state index contributed by atoms with van der Waals surface area (Å²) in [5, 5.41) is 19.9. The third-order valence-corrected chi connectivity index (χ3v) is 9.48.